The molecule has 1 aliphatic rings. The number of alkyl halides is 3. The quantitative estimate of drug-likeness (QED) is 0.728. The second-order valence-corrected chi connectivity index (χ2v) is 6.89. The zero-order valence-corrected chi connectivity index (χ0v) is 16.2. The van der Waals surface area contributed by atoms with Crippen molar-refractivity contribution in [1.29, 1.82) is 0 Å². The van der Waals surface area contributed by atoms with Crippen LogP contribution < -0.4 is 11.1 Å². The van der Waals surface area contributed by atoms with Crippen LogP contribution in [0, 0.1) is 12.8 Å². The van der Waals surface area contributed by atoms with Gasteiger partial charge in [-0.25, -0.2) is 0 Å². The normalized spacial score (nSPS) is 19.7. The third-order valence-electron chi connectivity index (χ3n) is 4.81. The first kappa shape index (κ1) is 21.3. The zero-order chi connectivity index (χ0) is 21.7. The van der Waals surface area contributed by atoms with Crippen molar-refractivity contribution >= 4 is 17.8 Å². The number of nitrogens with two attached hydrogens (primary N) is 1. The maximum absolute atomic E-state index is 13.2. The van der Waals surface area contributed by atoms with E-state index in [9.17, 15) is 18.0 Å². The number of hydrogen-bond donors (Lipinski definition) is 2. The Morgan fingerprint density at radius 1 is 1.37 bits per heavy atom. The summed E-state index contributed by atoms with van der Waals surface area (Å²) >= 11 is 0. The number of rotatable bonds is 5. The van der Waals surface area contributed by atoms with Gasteiger partial charge in [-0.3, -0.25) is 9.80 Å². The number of benzene rings is 1. The summed E-state index contributed by atoms with van der Waals surface area (Å²) in [4.78, 5) is 12.8. The van der Waals surface area contributed by atoms with Gasteiger partial charge in [0.2, 0.25) is 5.91 Å². The van der Waals surface area contributed by atoms with Gasteiger partial charge in [0.05, 0.1) is 11.6 Å². The number of aryl methyl sites for hydroxylation is 1. The summed E-state index contributed by atoms with van der Waals surface area (Å²) in [5.74, 6) is -2.20. The number of halogens is 3. The van der Waals surface area contributed by atoms with E-state index in [-0.39, 0.29) is 6.42 Å². The number of carbonyl (C=O) groups is 1. The lowest BCUT2D eigenvalue weighted by molar-refractivity contribution is -0.170. The van der Waals surface area contributed by atoms with E-state index in [1.807, 2.05) is 6.92 Å². The first-order valence-electron chi connectivity index (χ1n) is 9.23. The Morgan fingerprint density at radius 3 is 2.83 bits per heavy atom. The van der Waals surface area contributed by atoms with Crippen molar-refractivity contribution in [2.75, 3.05) is 11.9 Å². The summed E-state index contributed by atoms with van der Waals surface area (Å²) in [7, 11) is 0. The van der Waals surface area contributed by atoms with Crippen LogP contribution in [-0.2, 0) is 4.79 Å². The molecule has 0 saturated carbocycles. The van der Waals surface area contributed by atoms with E-state index >= 15 is 0 Å². The molecule has 158 valence electrons. The number of anilines is 1. The van der Waals surface area contributed by atoms with E-state index < -0.39 is 30.6 Å². The second kappa shape index (κ2) is 8.93. The molecule has 2 atom stereocenters. The Labute approximate surface area is 171 Å². The molecule has 10 heteroatoms. The summed E-state index contributed by atoms with van der Waals surface area (Å²) < 4.78 is 39.6. The van der Waals surface area contributed by atoms with Crippen molar-refractivity contribution in [1.82, 2.24) is 15.2 Å². The fourth-order valence-corrected chi connectivity index (χ4v) is 3.25. The molecule has 2 aromatic rings. The Hall–Kier alpha value is -3.43. The van der Waals surface area contributed by atoms with Gasteiger partial charge in [-0.1, -0.05) is 6.07 Å². The number of allylic oxidation sites excluding steroid dienone is 1. The van der Waals surface area contributed by atoms with Crippen molar-refractivity contribution in [2.45, 2.75) is 25.6 Å². The molecule has 0 bridgehead atoms. The number of hydrogen-bond acceptors (Lipinski definition) is 6. The van der Waals surface area contributed by atoms with E-state index in [1.165, 1.54) is 18.5 Å². The van der Waals surface area contributed by atoms with Crippen LogP contribution in [0.4, 0.5) is 18.9 Å². The summed E-state index contributed by atoms with van der Waals surface area (Å²) in [6, 6.07) is 7.68. The maximum atomic E-state index is 13.2. The first-order valence-corrected chi connectivity index (χ1v) is 9.23. The van der Waals surface area contributed by atoms with Crippen LogP contribution in [-0.4, -0.2) is 46.1 Å². The first-order chi connectivity index (χ1) is 14.3. The molecular weight excluding hydrogens is 397 g/mol. The fraction of sp³-hybridized carbons (Fsp3) is 0.300. The number of nitrogens with zero attached hydrogens (tertiary/aromatic N) is 4. The minimum Gasteiger partial charge on any atom is -0.405 e. The van der Waals surface area contributed by atoms with Crippen molar-refractivity contribution in [3.8, 4) is 11.3 Å². The molecular formula is C20H21F3N6O. The molecule has 2 heterocycles. The minimum absolute atomic E-state index is 0.373. The number of amides is 1. The highest BCUT2D eigenvalue weighted by Gasteiger charge is 2.49. The Balaban J connectivity index is 1.81. The predicted molar refractivity (Wildman–Crippen MR) is 107 cm³/mol. The molecule has 1 aromatic carbocycles. The van der Waals surface area contributed by atoms with Crippen LogP contribution in [0.5, 0.6) is 0 Å². The predicted octanol–water partition coefficient (Wildman–Crippen LogP) is 3.10. The molecule has 1 amide bonds. The van der Waals surface area contributed by atoms with Gasteiger partial charge in [0.25, 0.3) is 0 Å². The van der Waals surface area contributed by atoms with E-state index in [1.54, 1.807) is 36.5 Å². The molecule has 0 spiro atoms. The van der Waals surface area contributed by atoms with Crippen molar-refractivity contribution < 1.29 is 18.0 Å². The third kappa shape index (κ3) is 4.94. The number of carbonyl (C=O) groups excluding carboxylic acids is 1. The molecule has 0 radical (unpaired) electrons. The van der Waals surface area contributed by atoms with Crippen molar-refractivity contribution in [2.24, 2.45) is 16.8 Å². The molecule has 7 nitrogen and oxygen atoms in total. The van der Waals surface area contributed by atoms with Gasteiger partial charge < -0.3 is 11.1 Å². The molecule has 0 unspecified atom stereocenters. The molecule has 3 rings (SSSR count). The van der Waals surface area contributed by atoms with Gasteiger partial charge in [0.1, 0.15) is 6.04 Å². The summed E-state index contributed by atoms with van der Waals surface area (Å²) in [6.45, 7) is 1.50. The Kier molecular flexibility index (Phi) is 6.34. The van der Waals surface area contributed by atoms with E-state index in [0.717, 1.165) is 16.1 Å². The standard InChI is InChI=1S/C20H21F3N6O/c1-13-5-6-15(11-16(13)17-4-2-8-25-28-17)27-19(30)18-10-14(20(21,22)23)12-29(18)26-9-3-7-24/h2-9,11,14,18H,10,12,24H2,1H3,(H,27,30)/b7-3-,26-9-/t14-,18+/m0/s1. The fourth-order valence-electron chi connectivity index (χ4n) is 3.25. The van der Waals surface area contributed by atoms with E-state index in [0.29, 0.717) is 11.4 Å². The van der Waals surface area contributed by atoms with E-state index in [4.69, 9.17) is 5.73 Å². The largest absolute Gasteiger partial charge is 0.405 e. The smallest absolute Gasteiger partial charge is 0.393 e. The average molecular weight is 418 g/mol. The highest BCUT2D eigenvalue weighted by molar-refractivity contribution is 5.95. The monoisotopic (exact) mass is 418 g/mol. The van der Waals surface area contributed by atoms with Gasteiger partial charge in [0, 0.05) is 30.2 Å². The van der Waals surface area contributed by atoms with Gasteiger partial charge in [-0.2, -0.15) is 28.5 Å². The van der Waals surface area contributed by atoms with E-state index in [2.05, 4.69) is 20.6 Å². The maximum Gasteiger partial charge on any atom is 0.393 e. The van der Waals surface area contributed by atoms with Crippen molar-refractivity contribution in [3.63, 3.8) is 0 Å². The van der Waals surface area contributed by atoms with Crippen molar-refractivity contribution in [3.05, 3.63) is 54.4 Å². The zero-order valence-electron chi connectivity index (χ0n) is 16.2. The van der Waals surface area contributed by atoms with Crippen LogP contribution in [0.2, 0.25) is 0 Å². The van der Waals surface area contributed by atoms with Crippen LogP contribution in [0.1, 0.15) is 12.0 Å². The molecule has 1 aromatic heterocycles. The van der Waals surface area contributed by atoms with Crippen LogP contribution in [0.25, 0.3) is 11.3 Å². The van der Waals surface area contributed by atoms with Crippen LogP contribution >= 0.6 is 0 Å². The summed E-state index contributed by atoms with van der Waals surface area (Å²) in [6.07, 6.45) is 0.615. The second-order valence-electron chi connectivity index (χ2n) is 6.89. The SMILES string of the molecule is Cc1ccc(NC(=O)[C@H]2C[C@H](C(F)(F)F)CN2/N=C\C=C/N)cc1-c1cccnn1. The lowest BCUT2D eigenvalue weighted by Gasteiger charge is -2.20. The lowest BCUT2D eigenvalue weighted by Crippen LogP contribution is -2.36. The highest BCUT2D eigenvalue weighted by Crippen LogP contribution is 2.37. The lowest BCUT2D eigenvalue weighted by atomic mass is 10.0. The highest BCUT2D eigenvalue weighted by atomic mass is 19.4. The molecule has 1 aliphatic heterocycles. The van der Waals surface area contributed by atoms with Gasteiger partial charge in [-0.15, -0.1) is 0 Å². The molecule has 0 aliphatic carbocycles. The number of hydrazone groups is 1. The van der Waals surface area contributed by atoms with Crippen LogP contribution in [0.3, 0.4) is 0 Å². The van der Waals surface area contributed by atoms with Crippen LogP contribution in [0.15, 0.2) is 53.9 Å². The third-order valence-corrected chi connectivity index (χ3v) is 4.81. The van der Waals surface area contributed by atoms with Gasteiger partial charge >= 0.3 is 6.18 Å². The Morgan fingerprint density at radius 2 is 2.17 bits per heavy atom. The summed E-state index contributed by atoms with van der Waals surface area (Å²) in [5, 5.41) is 15.7. The van der Waals surface area contributed by atoms with Gasteiger partial charge in [0.15, 0.2) is 0 Å². The molecule has 1 saturated heterocycles. The molecule has 3 N–H and O–H groups in total. The average Bonchev–Trinajstić information content (AvgIpc) is 3.15. The Bertz CT molecular complexity index is 945. The number of aromatic nitrogens is 2. The molecule has 30 heavy (non-hydrogen) atoms. The molecule has 1 fully saturated rings. The number of nitrogens with one attached hydrogen (secondary N) is 1. The summed E-state index contributed by atoms with van der Waals surface area (Å²) in [5.41, 5.74) is 7.99. The topological polar surface area (TPSA) is 96.5 Å². The van der Waals surface area contributed by atoms with Gasteiger partial charge in [-0.05, 0) is 55.4 Å². The minimum atomic E-state index is -4.41.